The molecule has 0 aromatic heterocycles. The maximum absolute atomic E-state index is 11.0. The number of carbonyl (C=O) groups is 1. The Morgan fingerprint density at radius 3 is 2.35 bits per heavy atom. The molecular weight excluding hydrogens is 280 g/mol. The van der Waals surface area contributed by atoms with Gasteiger partial charge in [0.2, 0.25) is 0 Å². The molecule has 0 atom stereocenters. The first kappa shape index (κ1) is 17.2. The molecule has 120 valence electrons. The smallest absolute Gasteiger partial charge is 0.129 e. The maximum atomic E-state index is 11.0. The van der Waals surface area contributed by atoms with Crippen molar-refractivity contribution in [3.63, 3.8) is 0 Å². The zero-order valence-electron chi connectivity index (χ0n) is 14.4. The number of unbranched alkanes of at least 4 members (excludes halogenated alkanes) is 1. The van der Waals surface area contributed by atoms with Crippen LogP contribution in [0.4, 0.5) is 0 Å². The van der Waals surface area contributed by atoms with Crippen LogP contribution in [-0.4, -0.2) is 5.78 Å². The molecule has 0 spiro atoms. The minimum atomic E-state index is 0.287. The van der Waals surface area contributed by atoms with Crippen molar-refractivity contribution in [2.24, 2.45) is 0 Å². The van der Waals surface area contributed by atoms with Crippen LogP contribution in [0.15, 0.2) is 42.5 Å². The Morgan fingerprint density at radius 2 is 1.65 bits per heavy atom. The molecule has 0 aliphatic carbocycles. The molecule has 0 saturated heterocycles. The van der Waals surface area contributed by atoms with E-state index in [1.54, 1.807) is 6.92 Å². The number of rotatable bonds is 7. The van der Waals surface area contributed by atoms with Gasteiger partial charge in [0.05, 0.1) is 0 Å². The molecule has 1 heteroatoms. The molecule has 0 aliphatic rings. The Bertz CT molecular complexity index is 675. The lowest BCUT2D eigenvalue weighted by Gasteiger charge is -2.05. The zero-order chi connectivity index (χ0) is 16.7. The number of aryl methyl sites for hydroxylation is 3. The fraction of sp³-hybridized carbons (Fsp3) is 0.318. The lowest BCUT2D eigenvalue weighted by atomic mass is 10.0. The summed E-state index contributed by atoms with van der Waals surface area (Å²) < 4.78 is 0. The van der Waals surface area contributed by atoms with Crippen LogP contribution in [0.25, 0.3) is 12.2 Å². The highest BCUT2D eigenvalue weighted by Gasteiger charge is 1.99. The van der Waals surface area contributed by atoms with Crippen LogP contribution < -0.4 is 0 Å². The monoisotopic (exact) mass is 306 g/mol. The van der Waals surface area contributed by atoms with Crippen LogP contribution in [0.2, 0.25) is 0 Å². The molecule has 0 bridgehead atoms. The van der Waals surface area contributed by atoms with Crippen LogP contribution in [0.1, 0.15) is 54.0 Å². The Balaban J connectivity index is 2.02. The highest BCUT2D eigenvalue weighted by atomic mass is 16.1. The van der Waals surface area contributed by atoms with E-state index < -0.39 is 0 Å². The van der Waals surface area contributed by atoms with Crippen molar-refractivity contribution >= 4 is 17.9 Å². The molecule has 2 aromatic carbocycles. The summed E-state index contributed by atoms with van der Waals surface area (Å²) in [5.41, 5.74) is 6.50. The van der Waals surface area contributed by atoms with Crippen molar-refractivity contribution < 1.29 is 4.79 Å². The predicted octanol–water partition coefficient (Wildman–Crippen LogP) is 5.78. The summed E-state index contributed by atoms with van der Waals surface area (Å²) >= 11 is 0. The van der Waals surface area contributed by atoms with Gasteiger partial charge in [-0.1, -0.05) is 54.6 Å². The number of carbonyl (C=O) groups excluding carboxylic acids is 1. The van der Waals surface area contributed by atoms with Gasteiger partial charge in [0.1, 0.15) is 5.78 Å². The van der Waals surface area contributed by atoms with Crippen LogP contribution >= 0.6 is 0 Å². The molecule has 0 heterocycles. The number of Topliss-reactive ketones (excluding diaryl/α,β-unsaturated/α-hetero) is 1. The molecule has 2 aromatic rings. The van der Waals surface area contributed by atoms with Gasteiger partial charge in [-0.15, -0.1) is 0 Å². The van der Waals surface area contributed by atoms with Gasteiger partial charge >= 0.3 is 0 Å². The minimum Gasteiger partial charge on any atom is -0.300 e. The summed E-state index contributed by atoms with van der Waals surface area (Å²) in [6.45, 7) is 5.97. The second kappa shape index (κ2) is 8.47. The van der Waals surface area contributed by atoms with Gasteiger partial charge in [-0.2, -0.15) is 0 Å². The lowest BCUT2D eigenvalue weighted by molar-refractivity contribution is -0.117. The summed E-state index contributed by atoms with van der Waals surface area (Å²) in [4.78, 5) is 11.0. The summed E-state index contributed by atoms with van der Waals surface area (Å²) in [7, 11) is 0. The van der Waals surface area contributed by atoms with Crippen LogP contribution in [-0.2, 0) is 11.2 Å². The minimum absolute atomic E-state index is 0.287. The van der Waals surface area contributed by atoms with Gasteiger partial charge < -0.3 is 4.79 Å². The molecule has 2 rings (SSSR count). The molecular formula is C22H26O. The molecule has 23 heavy (non-hydrogen) atoms. The van der Waals surface area contributed by atoms with Crippen LogP contribution in [0.5, 0.6) is 0 Å². The van der Waals surface area contributed by atoms with Gasteiger partial charge in [-0.05, 0) is 67.9 Å². The fourth-order valence-corrected chi connectivity index (χ4v) is 2.83. The Hall–Kier alpha value is -2.15. The molecule has 0 amide bonds. The second-order valence-electron chi connectivity index (χ2n) is 6.29. The third-order valence-electron chi connectivity index (χ3n) is 4.18. The molecule has 0 aliphatic heterocycles. The molecule has 0 fully saturated rings. The topological polar surface area (TPSA) is 17.1 Å². The van der Waals surface area contributed by atoms with Gasteiger partial charge in [-0.25, -0.2) is 0 Å². The highest BCUT2D eigenvalue weighted by molar-refractivity contribution is 5.75. The first-order valence-corrected chi connectivity index (χ1v) is 8.39. The van der Waals surface area contributed by atoms with Crippen molar-refractivity contribution in [1.82, 2.24) is 0 Å². The van der Waals surface area contributed by atoms with E-state index in [9.17, 15) is 4.79 Å². The van der Waals surface area contributed by atoms with Crippen molar-refractivity contribution in [1.29, 1.82) is 0 Å². The van der Waals surface area contributed by atoms with E-state index in [2.05, 4.69) is 68.5 Å². The van der Waals surface area contributed by atoms with E-state index >= 15 is 0 Å². The van der Waals surface area contributed by atoms with E-state index in [1.165, 1.54) is 27.8 Å². The van der Waals surface area contributed by atoms with Crippen LogP contribution in [0.3, 0.4) is 0 Å². The summed E-state index contributed by atoms with van der Waals surface area (Å²) in [5.74, 6) is 0.287. The van der Waals surface area contributed by atoms with Crippen molar-refractivity contribution in [3.05, 3.63) is 70.3 Å². The SMILES string of the molecule is CC(=O)CCCCc1cccc(C=Cc2c(C)cccc2C)c1. The fourth-order valence-electron chi connectivity index (χ4n) is 2.83. The Morgan fingerprint density at radius 1 is 0.957 bits per heavy atom. The van der Waals surface area contributed by atoms with Gasteiger partial charge in [0.25, 0.3) is 0 Å². The number of ketones is 1. The molecule has 0 unspecified atom stereocenters. The summed E-state index contributed by atoms with van der Waals surface area (Å²) in [6, 6.07) is 15.1. The van der Waals surface area contributed by atoms with Gasteiger partial charge in [-0.3, -0.25) is 0 Å². The summed E-state index contributed by atoms with van der Waals surface area (Å²) in [6.07, 6.45) is 8.19. The molecule has 1 nitrogen and oxygen atoms in total. The average molecular weight is 306 g/mol. The summed E-state index contributed by atoms with van der Waals surface area (Å²) in [5, 5.41) is 0. The van der Waals surface area contributed by atoms with Gasteiger partial charge in [0, 0.05) is 6.42 Å². The first-order chi connectivity index (χ1) is 11.1. The molecule has 0 N–H and O–H groups in total. The number of hydrogen-bond donors (Lipinski definition) is 0. The first-order valence-electron chi connectivity index (χ1n) is 8.39. The Labute approximate surface area is 140 Å². The highest BCUT2D eigenvalue weighted by Crippen LogP contribution is 2.18. The third-order valence-corrected chi connectivity index (χ3v) is 4.18. The van der Waals surface area contributed by atoms with E-state index in [-0.39, 0.29) is 5.78 Å². The third kappa shape index (κ3) is 5.52. The largest absolute Gasteiger partial charge is 0.300 e. The molecule has 0 radical (unpaired) electrons. The Kier molecular flexibility index (Phi) is 6.34. The van der Waals surface area contributed by atoms with E-state index in [1.807, 2.05) is 0 Å². The van der Waals surface area contributed by atoms with Crippen molar-refractivity contribution in [2.75, 3.05) is 0 Å². The van der Waals surface area contributed by atoms with E-state index in [0.29, 0.717) is 6.42 Å². The standard InChI is InChI=1S/C22H26O/c1-17-8-6-9-18(2)22(17)15-14-21-13-7-12-20(16-21)11-5-4-10-19(3)23/h6-9,12-16H,4-5,10-11H2,1-3H3. The quantitative estimate of drug-likeness (QED) is 0.468. The second-order valence-corrected chi connectivity index (χ2v) is 6.29. The average Bonchev–Trinajstić information content (AvgIpc) is 2.51. The zero-order valence-corrected chi connectivity index (χ0v) is 14.4. The van der Waals surface area contributed by atoms with Crippen LogP contribution in [0, 0.1) is 13.8 Å². The van der Waals surface area contributed by atoms with E-state index in [4.69, 9.17) is 0 Å². The molecule has 0 saturated carbocycles. The number of hydrogen-bond acceptors (Lipinski definition) is 1. The number of benzene rings is 2. The maximum Gasteiger partial charge on any atom is 0.129 e. The normalized spacial score (nSPS) is 11.1. The van der Waals surface area contributed by atoms with E-state index in [0.717, 1.165) is 19.3 Å². The predicted molar refractivity (Wildman–Crippen MR) is 99.5 cm³/mol. The van der Waals surface area contributed by atoms with Crippen molar-refractivity contribution in [3.8, 4) is 0 Å². The van der Waals surface area contributed by atoms with Crippen molar-refractivity contribution in [2.45, 2.75) is 46.5 Å². The lowest BCUT2D eigenvalue weighted by Crippen LogP contribution is -1.92. The van der Waals surface area contributed by atoms with Gasteiger partial charge in [0.15, 0.2) is 0 Å².